The first-order valence-corrected chi connectivity index (χ1v) is 8.50. The summed E-state index contributed by atoms with van der Waals surface area (Å²) in [4.78, 5) is 24.5. The number of ether oxygens (including phenoxy) is 1. The summed E-state index contributed by atoms with van der Waals surface area (Å²) in [5, 5.41) is 12.3. The largest absolute Gasteiger partial charge is 0.383 e. The SMILES string of the molecule is COCCn1cc(NC(=O)C2=NN(Cc3ccc(F)cc3)C(=O)CC2)cn1. The van der Waals surface area contributed by atoms with Gasteiger partial charge in [-0.3, -0.25) is 14.3 Å². The van der Waals surface area contributed by atoms with Crippen molar-refractivity contribution in [2.45, 2.75) is 25.9 Å². The molecule has 3 rings (SSSR count). The van der Waals surface area contributed by atoms with Crippen molar-refractivity contribution in [1.29, 1.82) is 0 Å². The summed E-state index contributed by atoms with van der Waals surface area (Å²) in [7, 11) is 1.60. The number of benzene rings is 1. The maximum atomic E-state index is 13.0. The second-order valence-corrected chi connectivity index (χ2v) is 6.06. The molecule has 0 radical (unpaired) electrons. The van der Waals surface area contributed by atoms with Crippen molar-refractivity contribution < 1.29 is 18.7 Å². The maximum Gasteiger partial charge on any atom is 0.271 e. The Balaban J connectivity index is 1.65. The van der Waals surface area contributed by atoms with E-state index >= 15 is 0 Å². The Morgan fingerprint density at radius 2 is 2.07 bits per heavy atom. The minimum atomic E-state index is -0.377. The van der Waals surface area contributed by atoms with Crippen LogP contribution in [0.15, 0.2) is 41.8 Å². The third kappa shape index (κ3) is 4.98. The fourth-order valence-electron chi connectivity index (χ4n) is 2.59. The summed E-state index contributed by atoms with van der Waals surface area (Å²) >= 11 is 0. The van der Waals surface area contributed by atoms with Gasteiger partial charge in [-0.15, -0.1) is 0 Å². The first-order chi connectivity index (χ1) is 13.0. The number of methoxy groups -OCH3 is 1. The second kappa shape index (κ2) is 8.54. The minimum absolute atomic E-state index is 0.178. The number of anilines is 1. The van der Waals surface area contributed by atoms with Crippen LogP contribution in [0.4, 0.5) is 10.1 Å². The number of amides is 2. The lowest BCUT2D eigenvalue weighted by Gasteiger charge is -2.23. The summed E-state index contributed by atoms with van der Waals surface area (Å²) in [5.74, 6) is -0.903. The Hall–Kier alpha value is -3.07. The highest BCUT2D eigenvalue weighted by Crippen LogP contribution is 2.15. The van der Waals surface area contributed by atoms with Crippen LogP contribution in [0.1, 0.15) is 18.4 Å². The van der Waals surface area contributed by atoms with E-state index in [1.54, 1.807) is 36.3 Å². The molecule has 27 heavy (non-hydrogen) atoms. The first-order valence-electron chi connectivity index (χ1n) is 8.50. The van der Waals surface area contributed by atoms with Gasteiger partial charge in [-0.05, 0) is 17.7 Å². The zero-order valence-electron chi connectivity index (χ0n) is 14.9. The normalized spacial score (nSPS) is 14.2. The summed E-state index contributed by atoms with van der Waals surface area (Å²) in [6.07, 6.45) is 3.70. The molecule has 0 aliphatic carbocycles. The van der Waals surface area contributed by atoms with Crippen LogP contribution in [0.25, 0.3) is 0 Å². The third-order valence-electron chi connectivity index (χ3n) is 4.03. The van der Waals surface area contributed by atoms with Gasteiger partial charge in [0.25, 0.3) is 5.91 Å². The standard InChI is InChI=1S/C18H20FN5O3/c1-27-9-8-23-12-15(10-20-23)21-18(26)16-6-7-17(25)24(22-16)11-13-2-4-14(19)5-3-13/h2-5,10,12H,6-9,11H2,1H3,(H,21,26). The van der Waals surface area contributed by atoms with Crippen LogP contribution in [0, 0.1) is 5.82 Å². The molecule has 142 valence electrons. The van der Waals surface area contributed by atoms with Gasteiger partial charge in [-0.25, -0.2) is 9.40 Å². The first kappa shape index (κ1) is 18.7. The van der Waals surface area contributed by atoms with Crippen LogP contribution in [0.5, 0.6) is 0 Å². The predicted octanol–water partition coefficient (Wildman–Crippen LogP) is 1.79. The van der Waals surface area contributed by atoms with Crippen molar-refractivity contribution in [3.05, 3.63) is 48.0 Å². The Morgan fingerprint density at radius 1 is 1.30 bits per heavy atom. The fourth-order valence-corrected chi connectivity index (χ4v) is 2.59. The molecule has 0 saturated carbocycles. The van der Waals surface area contributed by atoms with Crippen LogP contribution in [-0.2, 0) is 27.4 Å². The van der Waals surface area contributed by atoms with Crippen LogP contribution in [0.2, 0.25) is 0 Å². The number of halogens is 1. The molecule has 0 bridgehead atoms. The molecule has 0 saturated heterocycles. The molecule has 2 aromatic rings. The number of hydrogen-bond acceptors (Lipinski definition) is 5. The van der Waals surface area contributed by atoms with Crippen molar-refractivity contribution in [3.8, 4) is 0 Å². The van der Waals surface area contributed by atoms with E-state index in [0.29, 0.717) is 18.8 Å². The van der Waals surface area contributed by atoms with E-state index < -0.39 is 0 Å². The average molecular weight is 373 g/mol. The quantitative estimate of drug-likeness (QED) is 0.801. The molecule has 1 aliphatic heterocycles. The Kier molecular flexibility index (Phi) is 5.92. The lowest BCUT2D eigenvalue weighted by Crippen LogP contribution is -2.35. The summed E-state index contributed by atoms with van der Waals surface area (Å²) in [6.45, 7) is 1.28. The van der Waals surface area contributed by atoms with Gasteiger partial charge in [0.1, 0.15) is 11.5 Å². The van der Waals surface area contributed by atoms with Gasteiger partial charge in [0.2, 0.25) is 5.91 Å². The molecule has 1 N–H and O–H groups in total. The molecule has 2 amide bonds. The highest BCUT2D eigenvalue weighted by molar-refractivity contribution is 6.43. The lowest BCUT2D eigenvalue weighted by molar-refractivity contribution is -0.132. The van der Waals surface area contributed by atoms with Gasteiger partial charge in [0, 0.05) is 26.1 Å². The number of nitrogens with one attached hydrogen (secondary N) is 1. The topological polar surface area (TPSA) is 88.8 Å². The molecule has 0 fully saturated rings. The van der Waals surface area contributed by atoms with Crippen molar-refractivity contribution >= 4 is 23.2 Å². The Labute approximate surface area is 155 Å². The van der Waals surface area contributed by atoms with Crippen molar-refractivity contribution in [2.24, 2.45) is 5.10 Å². The zero-order valence-corrected chi connectivity index (χ0v) is 14.9. The van der Waals surface area contributed by atoms with Crippen LogP contribution in [0.3, 0.4) is 0 Å². The number of hydrazone groups is 1. The van der Waals surface area contributed by atoms with E-state index in [1.165, 1.54) is 17.1 Å². The van der Waals surface area contributed by atoms with Crippen LogP contribution in [-0.4, -0.2) is 46.0 Å². The number of carbonyl (C=O) groups excluding carboxylic acids is 2. The maximum absolute atomic E-state index is 13.0. The van der Waals surface area contributed by atoms with Gasteiger partial charge in [0.15, 0.2) is 0 Å². The minimum Gasteiger partial charge on any atom is -0.383 e. The molecule has 9 heteroatoms. The molecular weight excluding hydrogens is 353 g/mol. The highest BCUT2D eigenvalue weighted by atomic mass is 19.1. The van der Waals surface area contributed by atoms with E-state index in [-0.39, 0.29) is 42.7 Å². The number of nitrogens with zero attached hydrogens (tertiary/aromatic N) is 4. The summed E-state index contributed by atoms with van der Waals surface area (Å²) < 4.78 is 19.7. The molecular formula is C18H20FN5O3. The zero-order chi connectivity index (χ0) is 19.2. The monoisotopic (exact) mass is 373 g/mol. The average Bonchev–Trinajstić information content (AvgIpc) is 3.10. The number of rotatable bonds is 7. The van der Waals surface area contributed by atoms with Gasteiger partial charge >= 0.3 is 0 Å². The smallest absolute Gasteiger partial charge is 0.271 e. The van der Waals surface area contributed by atoms with E-state index in [9.17, 15) is 14.0 Å². The van der Waals surface area contributed by atoms with E-state index in [0.717, 1.165) is 5.56 Å². The van der Waals surface area contributed by atoms with E-state index in [2.05, 4.69) is 15.5 Å². The Bertz CT molecular complexity index is 847. The molecule has 1 aromatic heterocycles. The predicted molar refractivity (Wildman–Crippen MR) is 96.4 cm³/mol. The van der Waals surface area contributed by atoms with Gasteiger partial charge in [-0.2, -0.15) is 10.2 Å². The molecule has 0 atom stereocenters. The van der Waals surface area contributed by atoms with E-state index in [1.807, 2.05) is 0 Å². The van der Waals surface area contributed by atoms with Gasteiger partial charge < -0.3 is 10.1 Å². The molecule has 1 aromatic carbocycles. The molecule has 1 aliphatic rings. The molecule has 2 heterocycles. The fraction of sp³-hybridized carbons (Fsp3) is 0.333. The van der Waals surface area contributed by atoms with Gasteiger partial charge in [0.05, 0.1) is 31.6 Å². The summed E-state index contributed by atoms with van der Waals surface area (Å²) in [6, 6.07) is 5.81. The second-order valence-electron chi connectivity index (χ2n) is 6.06. The van der Waals surface area contributed by atoms with Crippen molar-refractivity contribution in [2.75, 3.05) is 19.0 Å². The molecule has 0 spiro atoms. The Morgan fingerprint density at radius 3 is 2.81 bits per heavy atom. The van der Waals surface area contributed by atoms with Crippen molar-refractivity contribution in [1.82, 2.24) is 14.8 Å². The van der Waals surface area contributed by atoms with E-state index in [4.69, 9.17) is 4.74 Å². The van der Waals surface area contributed by atoms with Gasteiger partial charge in [-0.1, -0.05) is 12.1 Å². The van der Waals surface area contributed by atoms with Crippen LogP contribution < -0.4 is 5.32 Å². The summed E-state index contributed by atoms with van der Waals surface area (Å²) in [5.41, 5.74) is 1.54. The number of carbonyl (C=O) groups is 2. The highest BCUT2D eigenvalue weighted by Gasteiger charge is 2.24. The number of hydrogen-bond donors (Lipinski definition) is 1. The molecule has 0 unspecified atom stereocenters. The number of aromatic nitrogens is 2. The van der Waals surface area contributed by atoms with Crippen molar-refractivity contribution in [3.63, 3.8) is 0 Å². The lowest BCUT2D eigenvalue weighted by atomic mass is 10.1. The van der Waals surface area contributed by atoms with Crippen LogP contribution >= 0.6 is 0 Å². The third-order valence-corrected chi connectivity index (χ3v) is 4.03. The molecule has 8 nitrogen and oxygen atoms in total.